The Morgan fingerprint density at radius 3 is 2.50 bits per heavy atom. The molecule has 9 heteroatoms. The Bertz CT molecular complexity index is 705. The van der Waals surface area contributed by atoms with Gasteiger partial charge in [0.05, 0.1) is 55.6 Å². The van der Waals surface area contributed by atoms with E-state index in [4.69, 9.17) is 5.73 Å². The van der Waals surface area contributed by atoms with Gasteiger partial charge < -0.3 is 30.1 Å². The maximum atomic E-state index is 12.3. The molecular formula is C17H25N3O5S. The molecule has 2 amide bonds. The minimum Gasteiger partial charge on any atom is -0.543 e. The Hall–Kier alpha value is -1.58. The van der Waals surface area contributed by atoms with E-state index in [0.29, 0.717) is 22.4 Å². The van der Waals surface area contributed by atoms with Gasteiger partial charge in [-0.25, -0.2) is 0 Å². The van der Waals surface area contributed by atoms with Crippen LogP contribution in [-0.4, -0.2) is 76.4 Å². The van der Waals surface area contributed by atoms with Crippen LogP contribution in [0.1, 0.15) is 20.3 Å². The van der Waals surface area contributed by atoms with Gasteiger partial charge in [0.1, 0.15) is 0 Å². The third-order valence-electron chi connectivity index (χ3n) is 5.93. The van der Waals surface area contributed by atoms with Crippen molar-refractivity contribution >= 4 is 29.5 Å². The van der Waals surface area contributed by atoms with Crippen molar-refractivity contribution in [3.05, 3.63) is 10.6 Å². The Balaban J connectivity index is 1.87. The highest BCUT2D eigenvalue weighted by atomic mass is 32.2. The highest BCUT2D eigenvalue weighted by Crippen LogP contribution is 2.52. The molecule has 2 fully saturated rings. The van der Waals surface area contributed by atoms with Gasteiger partial charge >= 0.3 is 0 Å². The minimum atomic E-state index is -1.38. The fourth-order valence-corrected chi connectivity index (χ4v) is 6.40. The number of carboxylic acids is 1. The number of nitrogens with two attached hydrogens (primary N) is 1. The number of primary amides is 1. The summed E-state index contributed by atoms with van der Waals surface area (Å²) in [6.45, 7) is 4.09. The van der Waals surface area contributed by atoms with E-state index in [0.717, 1.165) is 0 Å². The van der Waals surface area contributed by atoms with Gasteiger partial charge in [-0.3, -0.25) is 9.59 Å². The van der Waals surface area contributed by atoms with Gasteiger partial charge in [0.15, 0.2) is 6.04 Å². The predicted molar refractivity (Wildman–Crippen MR) is 93.0 cm³/mol. The molecule has 3 aliphatic rings. The number of thioether (sulfide) groups is 1. The molecular weight excluding hydrogens is 358 g/mol. The fourth-order valence-electron chi connectivity index (χ4n) is 4.66. The molecule has 144 valence electrons. The lowest BCUT2D eigenvalue weighted by Gasteiger charge is -2.47. The van der Waals surface area contributed by atoms with E-state index >= 15 is 0 Å². The van der Waals surface area contributed by atoms with Crippen molar-refractivity contribution in [1.29, 1.82) is 0 Å². The normalized spacial score (nSPS) is 36.7. The summed E-state index contributed by atoms with van der Waals surface area (Å²) >= 11 is 1.41. The molecule has 6 atom stereocenters. The number of aliphatic hydroxyl groups is 1. The molecule has 3 N–H and O–H groups in total. The van der Waals surface area contributed by atoms with Crippen LogP contribution in [0.5, 0.6) is 0 Å². The predicted octanol–water partition coefficient (Wildman–Crippen LogP) is -1.76. The summed E-state index contributed by atoms with van der Waals surface area (Å²) < 4.78 is 0.456. The zero-order chi connectivity index (χ0) is 19.5. The van der Waals surface area contributed by atoms with Crippen molar-refractivity contribution in [2.75, 3.05) is 20.6 Å². The average molecular weight is 383 g/mol. The smallest absolute Gasteiger partial charge is 0.275 e. The van der Waals surface area contributed by atoms with Gasteiger partial charge in [0.2, 0.25) is 5.91 Å². The van der Waals surface area contributed by atoms with E-state index in [2.05, 4.69) is 0 Å². The average Bonchev–Trinajstić information content (AvgIpc) is 2.92. The lowest BCUT2D eigenvalue weighted by atomic mass is 9.79. The van der Waals surface area contributed by atoms with E-state index in [1.54, 1.807) is 6.92 Å². The molecule has 0 aromatic rings. The molecule has 0 radical (unpaired) electrons. The molecule has 26 heavy (non-hydrogen) atoms. The van der Waals surface area contributed by atoms with Crippen molar-refractivity contribution in [3.63, 3.8) is 0 Å². The van der Waals surface area contributed by atoms with Crippen LogP contribution in [0.25, 0.3) is 0 Å². The molecule has 0 saturated carbocycles. The van der Waals surface area contributed by atoms with Gasteiger partial charge in [-0.1, -0.05) is 6.92 Å². The fraction of sp³-hybridized carbons (Fsp3) is 0.706. The molecule has 0 aromatic heterocycles. The van der Waals surface area contributed by atoms with E-state index in [9.17, 15) is 24.6 Å². The summed E-state index contributed by atoms with van der Waals surface area (Å²) in [4.78, 5) is 37.6. The van der Waals surface area contributed by atoms with Gasteiger partial charge in [0.25, 0.3) is 5.91 Å². The summed E-state index contributed by atoms with van der Waals surface area (Å²) in [7, 11) is 3.87. The molecule has 0 aromatic carbocycles. The third kappa shape index (κ3) is 2.73. The molecule has 3 aliphatic heterocycles. The monoisotopic (exact) mass is 383 g/mol. The van der Waals surface area contributed by atoms with Crippen molar-refractivity contribution in [2.24, 2.45) is 17.6 Å². The molecule has 0 bridgehead atoms. The first kappa shape index (κ1) is 19.2. The van der Waals surface area contributed by atoms with Crippen LogP contribution in [-0.2, 0) is 14.4 Å². The first-order chi connectivity index (χ1) is 12.0. The largest absolute Gasteiger partial charge is 0.543 e. The Kier molecular flexibility index (Phi) is 4.61. The number of amides is 2. The van der Waals surface area contributed by atoms with Crippen LogP contribution in [0.2, 0.25) is 0 Å². The number of fused-ring (bicyclic) bond motifs is 1. The van der Waals surface area contributed by atoms with Crippen LogP contribution in [0.3, 0.4) is 0 Å². The summed E-state index contributed by atoms with van der Waals surface area (Å²) in [5, 5.41) is 21.6. The standard InChI is InChI=1S/C17H25N3O5S/c1-7-12-11(8(2)21)16(23)19(12)13(17(24)25)14(7)26-9-5-10(15(18)22)20(3,4)6-9/h7-12,21H,5-6H2,1-4H3,(H2-,18,22,24,25)/t7?,8?,9?,10?,11?,12-/m0/s1. The number of carbonyl (C=O) groups excluding carboxylic acids is 3. The first-order valence-corrected chi connectivity index (χ1v) is 9.60. The van der Waals surface area contributed by atoms with E-state index in [-0.39, 0.29) is 40.8 Å². The van der Waals surface area contributed by atoms with E-state index in [1.165, 1.54) is 16.7 Å². The highest BCUT2D eigenvalue weighted by molar-refractivity contribution is 8.03. The van der Waals surface area contributed by atoms with E-state index < -0.39 is 18.0 Å². The van der Waals surface area contributed by atoms with Crippen LogP contribution in [0.15, 0.2) is 10.6 Å². The lowest BCUT2D eigenvalue weighted by molar-refractivity contribution is -0.892. The summed E-state index contributed by atoms with van der Waals surface area (Å²) in [6, 6.07) is -0.672. The number of quaternary nitrogens is 1. The minimum absolute atomic E-state index is 0.0214. The second-order valence-electron chi connectivity index (χ2n) is 8.11. The third-order valence-corrected chi connectivity index (χ3v) is 7.42. The summed E-state index contributed by atoms with van der Waals surface area (Å²) in [5.74, 6) is -2.90. The SMILES string of the molecule is CC(O)C1C(=O)N2C(C(=O)[O-])=C(SC3CC(C(N)=O)[N+](C)(C)C3)C(C)[C@@H]12. The number of likely N-dealkylation sites (tertiary alicyclic amines) is 1. The molecule has 8 nitrogen and oxygen atoms in total. The van der Waals surface area contributed by atoms with Crippen molar-refractivity contribution in [3.8, 4) is 0 Å². The molecule has 5 unspecified atom stereocenters. The highest BCUT2D eigenvalue weighted by Gasteiger charge is 2.59. The van der Waals surface area contributed by atoms with Crippen LogP contribution >= 0.6 is 11.8 Å². The van der Waals surface area contributed by atoms with Gasteiger partial charge in [0, 0.05) is 17.2 Å². The second kappa shape index (κ2) is 6.24. The number of aliphatic carboxylic acids is 1. The van der Waals surface area contributed by atoms with Crippen LogP contribution in [0.4, 0.5) is 0 Å². The zero-order valence-corrected chi connectivity index (χ0v) is 16.2. The quantitative estimate of drug-likeness (QED) is 0.428. The molecule has 2 saturated heterocycles. The van der Waals surface area contributed by atoms with Gasteiger partial charge in [-0.05, 0) is 6.92 Å². The topological polar surface area (TPSA) is 124 Å². The second-order valence-corrected chi connectivity index (χ2v) is 9.45. The molecule has 0 spiro atoms. The summed E-state index contributed by atoms with van der Waals surface area (Å²) in [5.41, 5.74) is 5.43. The number of rotatable bonds is 5. The Morgan fingerprint density at radius 1 is 1.42 bits per heavy atom. The number of aliphatic hydroxyl groups excluding tert-OH is 1. The Morgan fingerprint density at radius 2 is 2.04 bits per heavy atom. The maximum Gasteiger partial charge on any atom is 0.275 e. The number of carboxylic acid groups (broad SMARTS) is 1. The number of likely N-dealkylation sites (N-methyl/N-ethyl adjacent to an activating group) is 1. The summed E-state index contributed by atoms with van der Waals surface area (Å²) in [6.07, 6.45) is -0.276. The van der Waals surface area contributed by atoms with E-state index in [1.807, 2.05) is 21.0 Å². The van der Waals surface area contributed by atoms with Crippen molar-refractivity contribution in [2.45, 2.75) is 43.7 Å². The van der Waals surface area contributed by atoms with Crippen LogP contribution in [0, 0.1) is 11.8 Å². The zero-order valence-electron chi connectivity index (χ0n) is 15.3. The number of nitrogens with zero attached hydrogens (tertiary/aromatic N) is 2. The molecule has 0 aliphatic carbocycles. The lowest BCUT2D eigenvalue weighted by Crippen LogP contribution is -2.64. The maximum absolute atomic E-state index is 12.3. The van der Waals surface area contributed by atoms with Crippen molar-refractivity contribution in [1.82, 2.24) is 4.90 Å². The Labute approximate surface area is 156 Å². The number of β-lactam (4-membered cyclic amide) rings is 1. The van der Waals surface area contributed by atoms with Crippen LogP contribution < -0.4 is 10.8 Å². The number of hydrogen-bond donors (Lipinski definition) is 2. The van der Waals surface area contributed by atoms with Gasteiger partial charge in [-0.15, -0.1) is 11.8 Å². The molecule has 3 rings (SSSR count). The van der Waals surface area contributed by atoms with Gasteiger partial charge in [-0.2, -0.15) is 0 Å². The number of carbonyl (C=O) groups is 3. The number of hydrogen-bond acceptors (Lipinski definition) is 6. The first-order valence-electron chi connectivity index (χ1n) is 8.72. The molecule has 3 heterocycles. The van der Waals surface area contributed by atoms with Crippen molar-refractivity contribution < 1.29 is 29.1 Å².